The van der Waals surface area contributed by atoms with E-state index in [1.165, 1.54) is 83.5 Å². The Balaban J connectivity index is 0.000000126. The minimum absolute atomic E-state index is 0.00952. The second-order valence-electron chi connectivity index (χ2n) is 36.3. The minimum atomic E-state index is -0.0448. The zero-order valence-electron chi connectivity index (χ0n) is 78.3. The van der Waals surface area contributed by atoms with Gasteiger partial charge in [-0.25, -0.2) is 0 Å². The van der Waals surface area contributed by atoms with Gasteiger partial charge in [-0.3, -0.25) is 58.7 Å². The first-order valence-corrected chi connectivity index (χ1v) is 48.2. The molecule has 0 spiro atoms. The number of hydrogen-bond donors (Lipinski definition) is 0. The Bertz CT molecular complexity index is 6070. The topological polar surface area (TPSA) is 196 Å². The number of carbonyl (C=O) groups excluding carboxylic acids is 4. The molecular formula is C108H116Cl4N16O8. The van der Waals surface area contributed by atoms with Crippen LogP contribution in [0.3, 0.4) is 0 Å². The van der Waals surface area contributed by atoms with Crippen molar-refractivity contribution >= 4 is 70.0 Å². The van der Waals surface area contributed by atoms with E-state index >= 15 is 0 Å². The number of benzene rings is 8. The summed E-state index contributed by atoms with van der Waals surface area (Å²) in [4.78, 5) is 96.7. The van der Waals surface area contributed by atoms with Crippen LogP contribution in [-0.4, -0.2) is 316 Å². The summed E-state index contributed by atoms with van der Waals surface area (Å²) in [5.41, 5.74) is 22.3. The van der Waals surface area contributed by atoms with Crippen LogP contribution in [0, 0.1) is 0 Å². The van der Waals surface area contributed by atoms with Gasteiger partial charge in [0.15, 0.2) is 0 Å². The minimum Gasteiger partial charge on any atom is -0.492 e. The second kappa shape index (κ2) is 44.2. The van der Waals surface area contributed by atoms with Crippen molar-refractivity contribution in [3.8, 4) is 67.6 Å². The third kappa shape index (κ3) is 21.6. The molecule has 4 aliphatic carbocycles. The predicted octanol–water partition coefficient (Wildman–Crippen LogP) is 16.8. The number of rotatable bonds is 24. The molecule has 704 valence electrons. The van der Waals surface area contributed by atoms with Gasteiger partial charge in [0.1, 0.15) is 49.4 Å². The van der Waals surface area contributed by atoms with E-state index < -0.39 is 0 Å². The van der Waals surface area contributed by atoms with Crippen LogP contribution in [0.1, 0.15) is 110 Å². The number of nitrogens with zero attached hydrogens (tertiary/aromatic N) is 16. The molecule has 24 nitrogen and oxygen atoms in total. The van der Waals surface area contributed by atoms with Gasteiger partial charge < -0.3 is 58.1 Å². The highest BCUT2D eigenvalue weighted by molar-refractivity contribution is 6.34. The van der Waals surface area contributed by atoms with Gasteiger partial charge in [-0.15, -0.1) is 0 Å². The molecule has 4 atom stereocenters. The maximum atomic E-state index is 13.4. The van der Waals surface area contributed by atoms with E-state index in [9.17, 15) is 19.2 Å². The summed E-state index contributed by atoms with van der Waals surface area (Å²) in [6.45, 7) is 17.0. The lowest BCUT2D eigenvalue weighted by Gasteiger charge is -2.38. The molecule has 28 heteroatoms. The number of halogens is 4. The molecule has 8 heterocycles. The van der Waals surface area contributed by atoms with E-state index in [2.05, 4.69) is 166 Å². The Kier molecular flexibility index (Phi) is 31.2. The molecule has 4 aromatic heterocycles. The van der Waals surface area contributed by atoms with Crippen molar-refractivity contribution in [2.45, 2.75) is 24.2 Å². The SMILES string of the molecule is CN(C)CCOc1cc(C(=O)N2CCN(C3c4ccccc4-c4cnccc43)CC2)ccc1Cl.CN(C)CCOc1ccc(C(=O)N2CCN(C3c4ccccc4-c4ccncc43)CC2)cc1Cl.CN(C)CCOc1ccc(Cl)c(C(=O)N2CCN(C3c4ccccc4-c4ncccc43)CC2)c1.CN(C)CCOc1ccc(Cl)cc1C(=O)N1CCN(C2c3ccccc3-c3cnccc32)CC1. The number of fused-ring (bicyclic) bond motifs is 12. The van der Waals surface area contributed by atoms with Crippen LogP contribution < -0.4 is 18.9 Å². The van der Waals surface area contributed by atoms with Crippen LogP contribution >= 0.6 is 46.4 Å². The lowest BCUT2D eigenvalue weighted by molar-refractivity contribution is 0.0590. The largest absolute Gasteiger partial charge is 0.492 e. The van der Waals surface area contributed by atoms with E-state index in [-0.39, 0.29) is 47.8 Å². The highest BCUT2D eigenvalue weighted by Crippen LogP contribution is 2.51. The van der Waals surface area contributed by atoms with Crippen LogP contribution in [0.2, 0.25) is 20.1 Å². The molecule has 8 aromatic carbocycles. The Labute approximate surface area is 817 Å². The fourth-order valence-electron chi connectivity index (χ4n) is 19.5. The van der Waals surface area contributed by atoms with Gasteiger partial charge in [-0.05, 0) is 215 Å². The van der Waals surface area contributed by atoms with Crippen molar-refractivity contribution in [3.63, 3.8) is 0 Å². The number of hydrogen-bond acceptors (Lipinski definition) is 20. The number of ether oxygens (including phenoxy) is 4. The van der Waals surface area contributed by atoms with Gasteiger partial charge in [-0.2, -0.15) is 0 Å². The first-order chi connectivity index (χ1) is 66.1. The maximum absolute atomic E-state index is 13.4. The molecule has 20 rings (SSSR count). The molecule has 0 bridgehead atoms. The number of likely N-dealkylation sites (N-methyl/N-ethyl adjacent to an activating group) is 4. The highest BCUT2D eigenvalue weighted by Gasteiger charge is 2.42. The van der Waals surface area contributed by atoms with Crippen molar-refractivity contribution < 1.29 is 38.1 Å². The van der Waals surface area contributed by atoms with Gasteiger partial charge in [0.25, 0.3) is 23.6 Å². The van der Waals surface area contributed by atoms with Crippen LogP contribution in [0.4, 0.5) is 0 Å². The first-order valence-electron chi connectivity index (χ1n) is 46.7. The molecule has 4 amide bonds. The monoisotopic (exact) mass is 1900 g/mol. The quantitative estimate of drug-likeness (QED) is 0.0553. The predicted molar refractivity (Wildman–Crippen MR) is 538 cm³/mol. The van der Waals surface area contributed by atoms with E-state index in [0.29, 0.717) is 144 Å². The normalized spacial score (nSPS) is 17.5. The van der Waals surface area contributed by atoms with Crippen LogP contribution in [0.5, 0.6) is 23.0 Å². The van der Waals surface area contributed by atoms with Crippen molar-refractivity contribution in [1.29, 1.82) is 0 Å². The number of pyridine rings is 4. The standard InChI is InChI=1S/4C27H29ClN4O2/c1-30(2)16-17-34-19-9-10-24(28)23(18-19)27(33)32-14-12-31(13-15-32)26-21-7-4-3-6-20(21)25-22(26)8-5-11-29-25;1-30(2)15-16-34-25-8-7-19(17-24(25)28)27(33)32-13-11-31(12-14-32)26-22-6-4-3-5-20(22)21-9-10-29-18-23(21)26;1-30(2)15-16-34-25-17-19(7-8-24(25)28)27(33)32-13-11-31(12-14-32)26-21-6-4-3-5-20(21)23-18-29-10-9-22(23)26;1-30(2)15-16-34-25-8-7-19(28)17-23(25)27(33)32-13-11-31(12-14-32)26-21-6-4-3-5-20(21)24-18-29-10-9-22(24)26/h3-11,18,26H,12-17H2,1-2H3;3*3-10,17-18,26H,11-16H2,1-2H3. The van der Waals surface area contributed by atoms with Crippen molar-refractivity contribution in [3.05, 3.63) is 330 Å². The molecule has 136 heavy (non-hydrogen) atoms. The number of amides is 4. The Morgan fingerprint density at radius 3 is 1.18 bits per heavy atom. The smallest absolute Gasteiger partial charge is 0.257 e. The Morgan fingerprint density at radius 2 is 0.676 bits per heavy atom. The third-order valence-corrected chi connectivity index (χ3v) is 27.7. The summed E-state index contributed by atoms with van der Waals surface area (Å²) in [6.07, 6.45) is 13.4. The third-order valence-electron chi connectivity index (χ3n) is 26.5. The van der Waals surface area contributed by atoms with Gasteiger partial charge in [0.2, 0.25) is 0 Å². The highest BCUT2D eigenvalue weighted by atomic mass is 35.5. The van der Waals surface area contributed by atoms with Crippen molar-refractivity contribution in [1.82, 2.24) is 78.7 Å². The number of piperazine rings is 4. The Hall–Kier alpha value is -11.7. The molecule has 4 fully saturated rings. The zero-order valence-corrected chi connectivity index (χ0v) is 81.3. The summed E-state index contributed by atoms with van der Waals surface area (Å²) < 4.78 is 23.3. The van der Waals surface area contributed by atoms with Gasteiger partial charge >= 0.3 is 0 Å². The average molecular weight is 1910 g/mol. The summed E-state index contributed by atoms with van der Waals surface area (Å²) in [5.74, 6) is 2.37. The molecule has 0 saturated carbocycles. The first kappa shape index (κ1) is 96.0. The summed E-state index contributed by atoms with van der Waals surface area (Å²) >= 11 is 25.4. The fraction of sp³-hybridized carbons (Fsp3) is 0.333. The van der Waals surface area contributed by atoms with Crippen molar-refractivity contribution in [2.24, 2.45) is 0 Å². The molecule has 4 aliphatic heterocycles. The van der Waals surface area contributed by atoms with Crippen molar-refractivity contribution in [2.75, 3.05) is 214 Å². The zero-order chi connectivity index (χ0) is 94.6. The lowest BCUT2D eigenvalue weighted by atomic mass is 10.0. The van der Waals surface area contributed by atoms with E-state index in [0.717, 1.165) is 84.2 Å². The fourth-order valence-corrected chi connectivity index (χ4v) is 20.2. The van der Waals surface area contributed by atoms with E-state index in [4.69, 9.17) is 65.4 Å². The average Bonchev–Trinajstić information content (AvgIpc) is 1.61. The summed E-state index contributed by atoms with van der Waals surface area (Å²) in [5, 5.41) is 1.98. The maximum Gasteiger partial charge on any atom is 0.257 e. The van der Waals surface area contributed by atoms with Gasteiger partial charge in [-0.1, -0.05) is 150 Å². The summed E-state index contributed by atoms with van der Waals surface area (Å²) in [7, 11) is 16.0. The molecule has 4 saturated heterocycles. The Morgan fingerprint density at radius 1 is 0.301 bits per heavy atom. The van der Waals surface area contributed by atoms with Crippen LogP contribution in [0.15, 0.2) is 244 Å². The lowest BCUT2D eigenvalue weighted by Crippen LogP contribution is -2.49. The van der Waals surface area contributed by atoms with Gasteiger partial charge in [0.05, 0.1) is 56.1 Å². The molecule has 12 aromatic rings. The van der Waals surface area contributed by atoms with Crippen LogP contribution in [0.25, 0.3) is 44.6 Å². The number of aromatic nitrogens is 4. The molecule has 0 radical (unpaired) electrons. The van der Waals surface area contributed by atoms with E-state index in [1.54, 1.807) is 66.7 Å². The van der Waals surface area contributed by atoms with Gasteiger partial charge in [0, 0.05) is 213 Å². The van der Waals surface area contributed by atoms with Crippen LogP contribution in [-0.2, 0) is 0 Å². The molecule has 8 aliphatic rings. The summed E-state index contributed by atoms with van der Waals surface area (Å²) in [6, 6.07) is 66.7. The molecule has 4 unspecified atom stereocenters. The molecular weight excluding hydrogens is 1790 g/mol. The molecule has 0 N–H and O–H groups in total. The second-order valence-corrected chi connectivity index (χ2v) is 37.9. The van der Waals surface area contributed by atoms with E-state index in [1.807, 2.05) is 146 Å². The number of carbonyl (C=O) groups is 4.